The minimum absolute atomic E-state index is 0.873. The van der Waals surface area contributed by atoms with Crippen molar-refractivity contribution in [2.45, 2.75) is 110 Å². The largest absolute Gasteiger partial charge is 0.330 e. The molecule has 6 nitrogen and oxygen atoms in total. The predicted octanol–water partition coefficient (Wildman–Crippen LogP) is 2.26. The van der Waals surface area contributed by atoms with E-state index in [2.05, 4.69) is 6.92 Å². The van der Waals surface area contributed by atoms with Crippen LogP contribution in [0.1, 0.15) is 110 Å². The molecule has 174 valence electrons. The Bertz CT molecular complexity index is 241. The molecule has 3 N–H and O–H groups in total. The Kier molecular flexibility index (Phi) is 31.6. The smallest absolute Gasteiger partial charge is 0.0777 e. The van der Waals surface area contributed by atoms with Crippen molar-refractivity contribution in [3.63, 3.8) is 0 Å². The SMILES string of the molecule is CCCCCCCCCCCCCCCCCCN.CN(C)C.[O-][Cl+3]([O-])([O-])O. The molecule has 0 aliphatic rings. The summed E-state index contributed by atoms with van der Waals surface area (Å²) in [4.78, 5) is 2.00. The van der Waals surface area contributed by atoms with Crippen molar-refractivity contribution in [3.05, 3.63) is 0 Å². The molecule has 0 radical (unpaired) electrons. The summed E-state index contributed by atoms with van der Waals surface area (Å²) in [7, 11) is 1.31. The highest BCUT2D eigenvalue weighted by Crippen LogP contribution is 2.13. The van der Waals surface area contributed by atoms with Crippen molar-refractivity contribution in [3.8, 4) is 0 Å². The molecule has 0 atom stereocenters. The standard InChI is InChI=1S/C18H39N.C3H9N.ClHO4/c1-2-3-4-5-6-7-8-9-10-11-12-13-14-15-16-17-18-19;1-4(2)3;2-1(3,4)5/h2-19H2,1H3;1-3H3;(H,2,3,4,5). The highest BCUT2D eigenvalue weighted by molar-refractivity contribution is 4.49. The summed E-state index contributed by atoms with van der Waals surface area (Å²) in [6, 6.07) is 0. The summed E-state index contributed by atoms with van der Waals surface area (Å²) in [6.07, 6.45) is 22.9. The van der Waals surface area contributed by atoms with Crippen LogP contribution >= 0.6 is 0 Å². The van der Waals surface area contributed by atoms with Gasteiger partial charge >= 0.3 is 0 Å². The van der Waals surface area contributed by atoms with Crippen LogP contribution in [0.4, 0.5) is 0 Å². The summed E-state index contributed by atoms with van der Waals surface area (Å²) in [5.41, 5.74) is 5.48. The summed E-state index contributed by atoms with van der Waals surface area (Å²) in [5, 5.41) is 0. The molecule has 0 saturated heterocycles. The van der Waals surface area contributed by atoms with Crippen LogP contribution in [0, 0.1) is 10.2 Å². The van der Waals surface area contributed by atoms with Crippen LogP contribution in [0.25, 0.3) is 0 Å². The molecule has 0 fully saturated rings. The second-order valence-corrected chi connectivity index (χ2v) is 8.62. The zero-order valence-corrected chi connectivity index (χ0v) is 19.9. The van der Waals surface area contributed by atoms with Crippen LogP contribution in [0.5, 0.6) is 0 Å². The maximum Gasteiger partial charge on any atom is 0.0777 e. The van der Waals surface area contributed by atoms with Gasteiger partial charge in [-0.25, -0.2) is 0 Å². The van der Waals surface area contributed by atoms with Crippen LogP contribution in [-0.4, -0.2) is 37.2 Å². The second-order valence-electron chi connectivity index (χ2n) is 7.83. The van der Waals surface area contributed by atoms with E-state index in [-0.39, 0.29) is 0 Å². The van der Waals surface area contributed by atoms with Gasteiger partial charge < -0.3 is 10.6 Å². The van der Waals surface area contributed by atoms with Gasteiger partial charge in [0, 0.05) is 0 Å². The molecule has 7 heteroatoms. The Morgan fingerprint density at radius 1 is 0.607 bits per heavy atom. The van der Waals surface area contributed by atoms with Crippen LogP contribution in [0.15, 0.2) is 0 Å². The lowest BCUT2D eigenvalue weighted by Gasteiger charge is -2.03. The van der Waals surface area contributed by atoms with Crippen LogP contribution in [0.2, 0.25) is 0 Å². The monoisotopic (exact) mass is 428 g/mol. The van der Waals surface area contributed by atoms with Crippen molar-refractivity contribution in [2.24, 2.45) is 5.73 Å². The zero-order chi connectivity index (χ0) is 22.1. The molecule has 0 aromatic rings. The molecule has 0 unspecified atom stereocenters. The molecule has 0 heterocycles. The molecule has 0 aliphatic heterocycles. The lowest BCUT2D eigenvalue weighted by atomic mass is 10.0. The first-order valence-electron chi connectivity index (χ1n) is 11.1. The Hall–Kier alpha value is 0.0500. The quantitative estimate of drug-likeness (QED) is 0.364. The minimum atomic E-state index is -4.69. The number of nitrogens with zero attached hydrogens (tertiary/aromatic N) is 1. The van der Waals surface area contributed by atoms with Gasteiger partial charge in [0.1, 0.15) is 0 Å². The molecular formula is C21H49ClN2O4. The molecule has 0 amide bonds. The van der Waals surface area contributed by atoms with Gasteiger partial charge in [0.25, 0.3) is 0 Å². The lowest BCUT2D eigenvalue weighted by molar-refractivity contribution is -1.92. The number of nitrogens with two attached hydrogens (primary N) is 1. The van der Waals surface area contributed by atoms with Gasteiger partial charge in [-0.3, -0.25) is 0 Å². The van der Waals surface area contributed by atoms with Crippen molar-refractivity contribution in [2.75, 3.05) is 27.7 Å². The molecule has 0 saturated carbocycles. The summed E-state index contributed by atoms with van der Waals surface area (Å²) in [5.74, 6) is 0. The van der Waals surface area contributed by atoms with E-state index in [1.807, 2.05) is 26.0 Å². The number of hydrogen-bond donors (Lipinski definition) is 2. The predicted molar refractivity (Wildman–Crippen MR) is 110 cm³/mol. The maximum atomic E-state index is 8.60. The molecule has 0 rings (SSSR count). The van der Waals surface area contributed by atoms with E-state index >= 15 is 0 Å². The van der Waals surface area contributed by atoms with Gasteiger partial charge in [0.05, 0.1) is 14.9 Å². The van der Waals surface area contributed by atoms with E-state index in [1.165, 1.54) is 103 Å². The fourth-order valence-electron chi connectivity index (χ4n) is 2.69. The second kappa shape index (κ2) is 27.0. The molecule has 0 aliphatic carbocycles. The van der Waals surface area contributed by atoms with Crippen molar-refractivity contribution < 1.29 is 28.9 Å². The molecule has 0 aromatic heterocycles. The average molecular weight is 429 g/mol. The van der Waals surface area contributed by atoms with Crippen molar-refractivity contribution in [1.29, 1.82) is 0 Å². The number of hydrogen-bond acceptors (Lipinski definition) is 6. The van der Waals surface area contributed by atoms with E-state index in [4.69, 9.17) is 24.4 Å². The van der Waals surface area contributed by atoms with Gasteiger partial charge in [-0.1, -0.05) is 103 Å². The van der Waals surface area contributed by atoms with E-state index in [9.17, 15) is 0 Å². The van der Waals surface area contributed by atoms with Gasteiger partial charge in [0.2, 0.25) is 0 Å². The van der Waals surface area contributed by atoms with Crippen molar-refractivity contribution >= 4 is 0 Å². The topological polar surface area (TPSA) is 119 Å². The number of rotatable bonds is 16. The van der Waals surface area contributed by atoms with E-state index in [0.717, 1.165) is 6.54 Å². The van der Waals surface area contributed by atoms with Gasteiger partial charge in [-0.05, 0) is 34.1 Å². The van der Waals surface area contributed by atoms with E-state index in [1.54, 1.807) is 0 Å². The molecule has 0 spiro atoms. The highest BCUT2D eigenvalue weighted by atomic mass is 35.7. The highest BCUT2D eigenvalue weighted by Gasteiger charge is 1.99. The van der Waals surface area contributed by atoms with Crippen molar-refractivity contribution in [1.82, 2.24) is 4.90 Å². The Morgan fingerprint density at radius 3 is 0.964 bits per heavy atom. The molecule has 0 bridgehead atoms. The Morgan fingerprint density at radius 2 is 0.786 bits per heavy atom. The van der Waals surface area contributed by atoms with Gasteiger partial charge in [0.15, 0.2) is 0 Å². The maximum absolute atomic E-state index is 8.60. The van der Waals surface area contributed by atoms with Crippen LogP contribution < -0.4 is 19.7 Å². The van der Waals surface area contributed by atoms with Gasteiger partial charge in [-0.2, -0.15) is 14.0 Å². The number of unbranched alkanes of at least 4 members (excludes halogenated alkanes) is 15. The summed E-state index contributed by atoms with van der Waals surface area (Å²) >= 11 is 0. The summed E-state index contributed by atoms with van der Waals surface area (Å²) < 4.78 is 32.7. The first-order valence-corrected chi connectivity index (χ1v) is 12.4. The minimum Gasteiger partial charge on any atom is -0.330 e. The first kappa shape index (κ1) is 32.7. The van der Waals surface area contributed by atoms with Crippen LogP contribution in [0.3, 0.4) is 0 Å². The van der Waals surface area contributed by atoms with Gasteiger partial charge in [-0.15, -0.1) is 0 Å². The molecule has 0 aromatic carbocycles. The third kappa shape index (κ3) is 63.5. The first-order chi connectivity index (χ1) is 13.1. The average Bonchev–Trinajstić information content (AvgIpc) is 2.56. The zero-order valence-electron chi connectivity index (χ0n) is 19.1. The fourth-order valence-corrected chi connectivity index (χ4v) is 2.69. The fraction of sp³-hybridized carbons (Fsp3) is 1.00. The third-order valence-corrected chi connectivity index (χ3v) is 4.06. The normalized spacial score (nSPS) is 10.9. The Labute approximate surface area is 177 Å². The van der Waals surface area contributed by atoms with E-state index < -0.39 is 10.2 Å². The molecular weight excluding hydrogens is 380 g/mol. The summed E-state index contributed by atoms with van der Waals surface area (Å²) in [6.45, 7) is 3.16. The molecule has 28 heavy (non-hydrogen) atoms. The lowest BCUT2D eigenvalue weighted by Crippen LogP contribution is -2.58. The van der Waals surface area contributed by atoms with E-state index in [0.29, 0.717) is 0 Å². The Balaban J connectivity index is -0.000000575. The van der Waals surface area contributed by atoms with Crippen LogP contribution in [-0.2, 0) is 0 Å². The third-order valence-electron chi connectivity index (χ3n) is 4.06. The number of halogens is 1.